The van der Waals surface area contributed by atoms with Gasteiger partial charge in [-0.3, -0.25) is 4.79 Å². The third kappa shape index (κ3) is 4.10. The van der Waals surface area contributed by atoms with Gasteiger partial charge in [-0.1, -0.05) is 0 Å². The molecule has 0 bridgehead atoms. The molecule has 122 valence electrons. The van der Waals surface area contributed by atoms with E-state index in [1.165, 1.54) is 24.1 Å². The van der Waals surface area contributed by atoms with Gasteiger partial charge in [-0.2, -0.15) is 0 Å². The number of nitrogens with zero attached hydrogens (tertiary/aromatic N) is 2. The zero-order valence-corrected chi connectivity index (χ0v) is 14.6. The van der Waals surface area contributed by atoms with E-state index in [1.807, 2.05) is 18.4 Å². The van der Waals surface area contributed by atoms with Gasteiger partial charge in [0.05, 0.1) is 10.7 Å². The summed E-state index contributed by atoms with van der Waals surface area (Å²) in [5.74, 6) is 0.0453. The van der Waals surface area contributed by atoms with E-state index in [9.17, 15) is 4.79 Å². The number of hydrogen-bond donors (Lipinski definition) is 1. The van der Waals surface area contributed by atoms with Crippen LogP contribution in [0.1, 0.15) is 35.5 Å². The van der Waals surface area contributed by atoms with Crippen LogP contribution in [0.15, 0.2) is 23.6 Å². The van der Waals surface area contributed by atoms with Gasteiger partial charge >= 0.3 is 0 Å². The molecule has 0 atom stereocenters. The Balaban J connectivity index is 1.56. The van der Waals surface area contributed by atoms with Crippen LogP contribution in [-0.4, -0.2) is 24.0 Å². The Bertz CT molecular complexity index is 689. The number of anilines is 2. The number of benzene rings is 1. The lowest BCUT2D eigenvalue weighted by Crippen LogP contribution is -2.19. The van der Waals surface area contributed by atoms with Crippen molar-refractivity contribution < 1.29 is 4.79 Å². The monoisotopic (exact) mass is 329 g/mol. The number of carbonyl (C=O) groups is 1. The molecule has 4 nitrogen and oxygen atoms in total. The number of carbonyl (C=O) groups excluding carboxylic acids is 1. The quantitative estimate of drug-likeness (QED) is 0.904. The predicted molar refractivity (Wildman–Crippen MR) is 96.4 cm³/mol. The zero-order chi connectivity index (χ0) is 16.2. The highest BCUT2D eigenvalue weighted by atomic mass is 32.1. The van der Waals surface area contributed by atoms with Crippen molar-refractivity contribution in [3.8, 4) is 0 Å². The molecule has 3 rings (SSSR count). The highest BCUT2D eigenvalue weighted by Gasteiger charge is 2.14. The Morgan fingerprint density at radius 2 is 2.09 bits per heavy atom. The van der Waals surface area contributed by atoms with Crippen molar-refractivity contribution in [3.63, 3.8) is 0 Å². The van der Waals surface area contributed by atoms with E-state index in [2.05, 4.69) is 34.3 Å². The van der Waals surface area contributed by atoms with Crippen LogP contribution < -0.4 is 10.2 Å². The molecule has 0 aliphatic carbocycles. The molecule has 1 aromatic carbocycles. The lowest BCUT2D eigenvalue weighted by molar-refractivity contribution is -0.116. The molecule has 1 saturated heterocycles. The first-order chi connectivity index (χ1) is 11.1. The summed E-state index contributed by atoms with van der Waals surface area (Å²) in [5.41, 5.74) is 4.39. The van der Waals surface area contributed by atoms with E-state index < -0.39 is 0 Å². The number of hydrogen-bond acceptors (Lipinski definition) is 4. The summed E-state index contributed by atoms with van der Waals surface area (Å²) >= 11 is 1.63. The smallest absolute Gasteiger partial charge is 0.224 e. The molecule has 1 aromatic heterocycles. The summed E-state index contributed by atoms with van der Waals surface area (Å²) in [5, 5.41) is 6.07. The van der Waals surface area contributed by atoms with Crippen LogP contribution in [0.2, 0.25) is 0 Å². The van der Waals surface area contributed by atoms with Gasteiger partial charge in [-0.05, 0) is 56.9 Å². The molecule has 0 radical (unpaired) electrons. The number of aromatic nitrogens is 1. The van der Waals surface area contributed by atoms with Crippen molar-refractivity contribution in [2.45, 2.75) is 39.5 Å². The van der Waals surface area contributed by atoms with Gasteiger partial charge in [-0.15, -0.1) is 11.3 Å². The molecule has 1 amide bonds. The zero-order valence-electron chi connectivity index (χ0n) is 13.8. The Labute approximate surface area is 141 Å². The summed E-state index contributed by atoms with van der Waals surface area (Å²) in [6.07, 6.45) is 3.71. The minimum absolute atomic E-state index is 0.0453. The predicted octanol–water partition coefficient (Wildman–Crippen LogP) is 3.93. The fourth-order valence-corrected chi connectivity index (χ4v) is 3.68. The first kappa shape index (κ1) is 16.0. The molecule has 0 unspecified atom stereocenters. The van der Waals surface area contributed by atoms with Crippen molar-refractivity contribution in [1.29, 1.82) is 0 Å². The van der Waals surface area contributed by atoms with Crippen LogP contribution in [0.4, 0.5) is 11.4 Å². The van der Waals surface area contributed by atoms with Crippen LogP contribution >= 0.6 is 11.3 Å². The summed E-state index contributed by atoms with van der Waals surface area (Å²) in [7, 11) is 0. The molecule has 1 fully saturated rings. The summed E-state index contributed by atoms with van der Waals surface area (Å²) in [6, 6.07) is 6.20. The molecular weight excluding hydrogens is 306 g/mol. The average Bonchev–Trinajstić information content (AvgIpc) is 3.17. The molecule has 5 heteroatoms. The Morgan fingerprint density at radius 1 is 1.30 bits per heavy atom. The maximum absolute atomic E-state index is 12.1. The number of aryl methyl sites for hydroxylation is 3. The third-order valence-corrected chi connectivity index (χ3v) is 5.02. The van der Waals surface area contributed by atoms with Crippen molar-refractivity contribution in [2.24, 2.45) is 0 Å². The van der Waals surface area contributed by atoms with Crippen molar-refractivity contribution in [1.82, 2.24) is 4.98 Å². The molecule has 2 aromatic rings. The van der Waals surface area contributed by atoms with Crippen LogP contribution in [0.3, 0.4) is 0 Å². The van der Waals surface area contributed by atoms with Gasteiger partial charge in [0.2, 0.25) is 5.91 Å². The molecular formula is C18H23N3OS. The van der Waals surface area contributed by atoms with E-state index in [1.54, 1.807) is 11.3 Å². The topological polar surface area (TPSA) is 45.2 Å². The maximum Gasteiger partial charge on any atom is 0.224 e. The lowest BCUT2D eigenvalue weighted by atomic mass is 10.1. The van der Waals surface area contributed by atoms with Crippen LogP contribution in [0, 0.1) is 13.8 Å². The van der Waals surface area contributed by atoms with Crippen LogP contribution in [0.5, 0.6) is 0 Å². The van der Waals surface area contributed by atoms with Gasteiger partial charge in [-0.25, -0.2) is 4.98 Å². The van der Waals surface area contributed by atoms with Crippen molar-refractivity contribution in [3.05, 3.63) is 39.8 Å². The SMILES string of the molecule is Cc1nc(CCC(=O)Nc2ccc(N3CCCC3)c(C)c2)cs1. The Morgan fingerprint density at radius 3 is 2.74 bits per heavy atom. The minimum Gasteiger partial charge on any atom is -0.371 e. The molecule has 2 heterocycles. The number of rotatable bonds is 5. The summed E-state index contributed by atoms with van der Waals surface area (Å²) < 4.78 is 0. The minimum atomic E-state index is 0.0453. The van der Waals surface area contributed by atoms with E-state index in [0.29, 0.717) is 12.8 Å². The molecule has 1 aliphatic heterocycles. The normalized spacial score (nSPS) is 14.3. The Hall–Kier alpha value is -1.88. The van der Waals surface area contributed by atoms with E-state index in [0.717, 1.165) is 29.5 Å². The Kier molecular flexibility index (Phi) is 4.96. The number of nitrogens with one attached hydrogen (secondary N) is 1. The fourth-order valence-electron chi connectivity index (χ4n) is 3.03. The van der Waals surface area contributed by atoms with Crippen molar-refractivity contribution in [2.75, 3.05) is 23.3 Å². The van der Waals surface area contributed by atoms with E-state index in [4.69, 9.17) is 0 Å². The highest BCUT2D eigenvalue weighted by Crippen LogP contribution is 2.26. The first-order valence-corrected chi connectivity index (χ1v) is 9.06. The van der Waals surface area contributed by atoms with Gasteiger partial charge in [0.1, 0.15) is 0 Å². The average molecular weight is 329 g/mol. The van der Waals surface area contributed by atoms with Crippen molar-refractivity contribution >= 4 is 28.6 Å². The van der Waals surface area contributed by atoms with E-state index in [-0.39, 0.29) is 5.91 Å². The molecule has 1 N–H and O–H groups in total. The van der Waals surface area contributed by atoms with Gasteiger partial charge in [0.25, 0.3) is 0 Å². The third-order valence-electron chi connectivity index (χ3n) is 4.20. The highest BCUT2D eigenvalue weighted by molar-refractivity contribution is 7.09. The van der Waals surface area contributed by atoms with Gasteiger partial charge in [0.15, 0.2) is 0 Å². The largest absolute Gasteiger partial charge is 0.371 e. The second-order valence-corrected chi connectivity index (χ2v) is 7.16. The van der Waals surface area contributed by atoms with Gasteiger partial charge < -0.3 is 10.2 Å². The maximum atomic E-state index is 12.1. The second-order valence-electron chi connectivity index (χ2n) is 6.10. The van der Waals surface area contributed by atoms with Crippen LogP contribution in [-0.2, 0) is 11.2 Å². The molecule has 23 heavy (non-hydrogen) atoms. The van der Waals surface area contributed by atoms with Crippen LogP contribution in [0.25, 0.3) is 0 Å². The van der Waals surface area contributed by atoms with Gasteiger partial charge in [0, 0.05) is 36.3 Å². The number of thiazole rings is 1. The van der Waals surface area contributed by atoms with E-state index >= 15 is 0 Å². The summed E-state index contributed by atoms with van der Waals surface area (Å²) in [6.45, 7) is 6.37. The molecule has 1 aliphatic rings. The number of amides is 1. The second kappa shape index (κ2) is 7.13. The standard InChI is InChI=1S/C18H23N3OS/c1-13-11-15(5-7-17(13)21-9-3-4-10-21)20-18(22)8-6-16-12-23-14(2)19-16/h5,7,11-12H,3-4,6,8-10H2,1-2H3,(H,20,22). The fraction of sp³-hybridized carbons (Fsp3) is 0.444. The summed E-state index contributed by atoms with van der Waals surface area (Å²) in [4.78, 5) is 18.9. The molecule has 0 spiro atoms. The lowest BCUT2D eigenvalue weighted by Gasteiger charge is -2.20. The molecule has 0 saturated carbocycles. The first-order valence-electron chi connectivity index (χ1n) is 8.18.